The van der Waals surface area contributed by atoms with Gasteiger partial charge in [0, 0.05) is 11.6 Å². The van der Waals surface area contributed by atoms with Crippen LogP contribution in [-0.2, 0) is 6.18 Å². The number of aromatic nitrogens is 1. The standard InChI is InChI=1S/C11H7ClF3N/c1-6-4-7-9(12)2-3-16-10(7)5-8(6)11(13,14)15/h2-5H,1H3. The van der Waals surface area contributed by atoms with Crippen LogP contribution >= 0.6 is 11.6 Å². The van der Waals surface area contributed by atoms with Gasteiger partial charge in [0.15, 0.2) is 0 Å². The number of aryl methyl sites for hydroxylation is 1. The molecule has 16 heavy (non-hydrogen) atoms. The molecular weight excluding hydrogens is 239 g/mol. The maximum atomic E-state index is 12.6. The molecule has 84 valence electrons. The molecule has 1 heterocycles. The molecule has 1 aromatic heterocycles. The molecule has 0 fully saturated rings. The van der Waals surface area contributed by atoms with Crippen LogP contribution in [0.5, 0.6) is 0 Å². The summed E-state index contributed by atoms with van der Waals surface area (Å²) >= 11 is 5.87. The number of halogens is 4. The molecule has 1 aromatic carbocycles. The van der Waals surface area contributed by atoms with Crippen molar-refractivity contribution < 1.29 is 13.2 Å². The Morgan fingerprint density at radius 1 is 1.25 bits per heavy atom. The second-order valence-corrected chi connectivity index (χ2v) is 3.88. The Labute approximate surface area is 94.9 Å². The lowest BCUT2D eigenvalue weighted by Gasteiger charge is -2.11. The summed E-state index contributed by atoms with van der Waals surface area (Å²) in [5, 5.41) is 0.941. The maximum absolute atomic E-state index is 12.6. The van der Waals surface area contributed by atoms with Gasteiger partial charge >= 0.3 is 6.18 Å². The van der Waals surface area contributed by atoms with Crippen molar-refractivity contribution in [2.24, 2.45) is 0 Å². The van der Waals surface area contributed by atoms with Crippen molar-refractivity contribution in [3.8, 4) is 0 Å². The molecule has 0 amide bonds. The van der Waals surface area contributed by atoms with Crippen LogP contribution in [0.15, 0.2) is 24.4 Å². The molecule has 0 atom stereocenters. The van der Waals surface area contributed by atoms with Crippen molar-refractivity contribution in [1.29, 1.82) is 0 Å². The lowest BCUT2D eigenvalue weighted by atomic mass is 10.0. The minimum Gasteiger partial charge on any atom is -0.256 e. The average Bonchev–Trinajstić information content (AvgIpc) is 2.17. The lowest BCUT2D eigenvalue weighted by Crippen LogP contribution is -2.07. The lowest BCUT2D eigenvalue weighted by molar-refractivity contribution is -0.137. The second kappa shape index (κ2) is 3.63. The fraction of sp³-hybridized carbons (Fsp3) is 0.182. The zero-order chi connectivity index (χ0) is 11.9. The fourth-order valence-corrected chi connectivity index (χ4v) is 1.78. The molecule has 0 saturated heterocycles. The summed E-state index contributed by atoms with van der Waals surface area (Å²) < 4.78 is 37.8. The number of fused-ring (bicyclic) bond motifs is 1. The minimum absolute atomic E-state index is 0.148. The normalized spacial score (nSPS) is 12.1. The third kappa shape index (κ3) is 1.85. The van der Waals surface area contributed by atoms with E-state index in [1.165, 1.54) is 19.2 Å². The van der Waals surface area contributed by atoms with E-state index >= 15 is 0 Å². The number of hydrogen-bond acceptors (Lipinski definition) is 1. The number of hydrogen-bond donors (Lipinski definition) is 0. The zero-order valence-electron chi connectivity index (χ0n) is 8.27. The Bertz CT molecular complexity index is 549. The number of nitrogens with zero attached hydrogens (tertiary/aromatic N) is 1. The Hall–Kier alpha value is -1.29. The van der Waals surface area contributed by atoms with Crippen LogP contribution in [0.3, 0.4) is 0 Å². The van der Waals surface area contributed by atoms with E-state index in [1.54, 1.807) is 6.07 Å². The van der Waals surface area contributed by atoms with E-state index in [1.807, 2.05) is 0 Å². The first kappa shape index (κ1) is 11.2. The van der Waals surface area contributed by atoms with Gasteiger partial charge in [0.2, 0.25) is 0 Å². The Kier molecular flexibility index (Phi) is 2.54. The molecule has 0 aliphatic rings. The summed E-state index contributed by atoms with van der Waals surface area (Å²) in [6, 6.07) is 3.99. The predicted molar refractivity (Wildman–Crippen MR) is 56.5 cm³/mol. The summed E-state index contributed by atoms with van der Waals surface area (Å²) in [6.45, 7) is 1.41. The second-order valence-electron chi connectivity index (χ2n) is 3.47. The van der Waals surface area contributed by atoms with Crippen molar-refractivity contribution >= 4 is 22.5 Å². The average molecular weight is 246 g/mol. The van der Waals surface area contributed by atoms with Gasteiger partial charge in [0.05, 0.1) is 16.1 Å². The van der Waals surface area contributed by atoms with Gasteiger partial charge in [0.1, 0.15) is 0 Å². The molecule has 0 unspecified atom stereocenters. The van der Waals surface area contributed by atoms with Gasteiger partial charge < -0.3 is 0 Å². The van der Waals surface area contributed by atoms with Crippen molar-refractivity contribution in [1.82, 2.24) is 4.98 Å². The zero-order valence-corrected chi connectivity index (χ0v) is 9.02. The van der Waals surface area contributed by atoms with E-state index in [2.05, 4.69) is 4.98 Å². The molecule has 1 nitrogen and oxygen atoms in total. The molecule has 2 rings (SSSR count). The third-order valence-electron chi connectivity index (χ3n) is 2.34. The molecule has 2 aromatic rings. The van der Waals surface area contributed by atoms with Gasteiger partial charge in [0.25, 0.3) is 0 Å². The smallest absolute Gasteiger partial charge is 0.256 e. The number of rotatable bonds is 0. The maximum Gasteiger partial charge on any atom is 0.416 e. The summed E-state index contributed by atoms with van der Waals surface area (Å²) in [5.41, 5.74) is -0.268. The molecule has 5 heteroatoms. The molecular formula is C11H7ClF3N. The van der Waals surface area contributed by atoms with Gasteiger partial charge in [-0.25, -0.2) is 0 Å². The molecule has 0 spiro atoms. The quantitative estimate of drug-likeness (QED) is 0.677. The first-order valence-electron chi connectivity index (χ1n) is 4.51. The molecule has 0 N–H and O–H groups in total. The van der Waals surface area contributed by atoms with Gasteiger partial charge in [-0.15, -0.1) is 0 Å². The Morgan fingerprint density at radius 3 is 2.56 bits per heavy atom. The topological polar surface area (TPSA) is 12.9 Å². The first-order chi connectivity index (χ1) is 7.39. The van der Waals surface area contributed by atoms with Crippen LogP contribution in [0.1, 0.15) is 11.1 Å². The third-order valence-corrected chi connectivity index (χ3v) is 2.67. The van der Waals surface area contributed by atoms with Gasteiger partial charge in [-0.3, -0.25) is 4.98 Å². The highest BCUT2D eigenvalue weighted by molar-refractivity contribution is 6.35. The van der Waals surface area contributed by atoms with E-state index in [0.717, 1.165) is 6.07 Å². The predicted octanol–water partition coefficient (Wildman–Crippen LogP) is 4.22. The Balaban J connectivity index is 2.78. The van der Waals surface area contributed by atoms with E-state index in [9.17, 15) is 13.2 Å². The van der Waals surface area contributed by atoms with E-state index in [-0.39, 0.29) is 11.1 Å². The van der Waals surface area contributed by atoms with Crippen LogP contribution in [-0.4, -0.2) is 4.98 Å². The van der Waals surface area contributed by atoms with Crippen molar-refractivity contribution in [3.63, 3.8) is 0 Å². The van der Waals surface area contributed by atoms with Crippen LogP contribution < -0.4 is 0 Å². The molecule has 0 saturated carbocycles. The highest BCUT2D eigenvalue weighted by Gasteiger charge is 2.32. The SMILES string of the molecule is Cc1cc2c(Cl)ccnc2cc1C(F)(F)F. The van der Waals surface area contributed by atoms with Crippen molar-refractivity contribution in [3.05, 3.63) is 40.5 Å². The highest BCUT2D eigenvalue weighted by atomic mass is 35.5. The van der Waals surface area contributed by atoms with Gasteiger partial charge in [-0.1, -0.05) is 11.6 Å². The Morgan fingerprint density at radius 2 is 1.94 bits per heavy atom. The van der Waals surface area contributed by atoms with Crippen molar-refractivity contribution in [2.45, 2.75) is 13.1 Å². The molecule has 0 aliphatic carbocycles. The van der Waals surface area contributed by atoms with Gasteiger partial charge in [-0.2, -0.15) is 13.2 Å². The van der Waals surface area contributed by atoms with Crippen LogP contribution in [0, 0.1) is 6.92 Å². The van der Waals surface area contributed by atoms with E-state index in [4.69, 9.17) is 11.6 Å². The number of alkyl halides is 3. The van der Waals surface area contributed by atoms with Crippen LogP contribution in [0.4, 0.5) is 13.2 Å². The number of benzene rings is 1. The van der Waals surface area contributed by atoms with E-state index < -0.39 is 11.7 Å². The minimum atomic E-state index is -4.36. The fourth-order valence-electron chi connectivity index (χ4n) is 1.57. The van der Waals surface area contributed by atoms with Crippen molar-refractivity contribution in [2.75, 3.05) is 0 Å². The summed E-state index contributed by atoms with van der Waals surface area (Å²) in [7, 11) is 0. The molecule has 0 bridgehead atoms. The summed E-state index contributed by atoms with van der Waals surface area (Å²) in [4.78, 5) is 3.87. The van der Waals surface area contributed by atoms with Gasteiger partial charge in [-0.05, 0) is 30.7 Å². The van der Waals surface area contributed by atoms with Crippen LogP contribution in [0.2, 0.25) is 5.02 Å². The van der Waals surface area contributed by atoms with E-state index in [0.29, 0.717) is 10.4 Å². The molecule has 0 aliphatic heterocycles. The first-order valence-corrected chi connectivity index (χ1v) is 4.89. The summed E-state index contributed by atoms with van der Waals surface area (Å²) in [5.74, 6) is 0. The monoisotopic (exact) mass is 245 g/mol. The number of pyridine rings is 1. The summed E-state index contributed by atoms with van der Waals surface area (Å²) in [6.07, 6.45) is -2.97. The highest BCUT2D eigenvalue weighted by Crippen LogP contribution is 2.35. The largest absolute Gasteiger partial charge is 0.416 e. The van der Waals surface area contributed by atoms with Crippen LogP contribution in [0.25, 0.3) is 10.9 Å². The molecule has 0 radical (unpaired) electrons.